The number of carbonyl (C=O) groups is 1. The lowest BCUT2D eigenvalue weighted by Gasteiger charge is -2.10. The van der Waals surface area contributed by atoms with Crippen molar-refractivity contribution in [2.24, 2.45) is 0 Å². The molecule has 1 N–H and O–H groups in total. The molecule has 0 spiro atoms. The zero-order valence-electron chi connectivity index (χ0n) is 13.8. The maximum absolute atomic E-state index is 12.3. The van der Waals surface area contributed by atoms with Crippen molar-refractivity contribution in [2.75, 3.05) is 19.5 Å². The van der Waals surface area contributed by atoms with Crippen molar-refractivity contribution in [3.05, 3.63) is 59.2 Å². The summed E-state index contributed by atoms with van der Waals surface area (Å²) in [5.41, 5.74) is 2.22. The van der Waals surface area contributed by atoms with E-state index >= 15 is 0 Å². The van der Waals surface area contributed by atoms with Gasteiger partial charge in [0, 0.05) is 11.3 Å². The number of nitrogens with zero attached hydrogens (tertiary/aromatic N) is 1. The normalized spacial score (nSPS) is 10.7. The summed E-state index contributed by atoms with van der Waals surface area (Å²) < 4.78 is 10.5. The second-order valence-electron chi connectivity index (χ2n) is 5.08. The van der Waals surface area contributed by atoms with Gasteiger partial charge in [0.2, 0.25) is 0 Å². The van der Waals surface area contributed by atoms with E-state index in [4.69, 9.17) is 9.47 Å². The maximum atomic E-state index is 12.3. The molecule has 2 rings (SSSR count). The predicted molar refractivity (Wildman–Crippen MR) is 92.9 cm³/mol. The molecule has 0 aliphatic rings. The van der Waals surface area contributed by atoms with Crippen LogP contribution < -0.4 is 14.8 Å². The average Bonchev–Trinajstić information content (AvgIpc) is 2.59. The van der Waals surface area contributed by atoms with Crippen LogP contribution in [0.2, 0.25) is 0 Å². The Hall–Kier alpha value is -3.26. The first-order valence-electron chi connectivity index (χ1n) is 7.30. The van der Waals surface area contributed by atoms with Crippen molar-refractivity contribution in [1.82, 2.24) is 0 Å². The number of nitrogens with one attached hydrogen (secondary N) is 1. The topological polar surface area (TPSA) is 71.3 Å². The lowest BCUT2D eigenvalue weighted by atomic mass is 10.1. The monoisotopic (exact) mass is 322 g/mol. The highest BCUT2D eigenvalue weighted by molar-refractivity contribution is 6.09. The van der Waals surface area contributed by atoms with Crippen molar-refractivity contribution in [3.63, 3.8) is 0 Å². The molecular formula is C19H18N2O3. The summed E-state index contributed by atoms with van der Waals surface area (Å²) in [6.07, 6.45) is 1.48. The lowest BCUT2D eigenvalue weighted by molar-refractivity contribution is -0.112. The first kappa shape index (κ1) is 17.1. The number of rotatable bonds is 5. The second-order valence-corrected chi connectivity index (χ2v) is 5.08. The van der Waals surface area contributed by atoms with Crippen molar-refractivity contribution >= 4 is 17.7 Å². The van der Waals surface area contributed by atoms with Crippen LogP contribution in [0.15, 0.2) is 48.0 Å². The smallest absolute Gasteiger partial charge is 0.266 e. The van der Waals surface area contributed by atoms with Gasteiger partial charge in [-0.15, -0.1) is 0 Å². The molecule has 0 bridgehead atoms. The number of carbonyl (C=O) groups excluding carboxylic acids is 1. The van der Waals surface area contributed by atoms with Gasteiger partial charge in [-0.25, -0.2) is 0 Å². The summed E-state index contributed by atoms with van der Waals surface area (Å²) in [5, 5.41) is 12.0. The molecule has 0 heterocycles. The number of para-hydroxylation sites is 1. The summed E-state index contributed by atoms with van der Waals surface area (Å²) >= 11 is 0. The van der Waals surface area contributed by atoms with E-state index < -0.39 is 5.91 Å². The molecule has 0 aromatic heterocycles. The number of aryl methyl sites for hydroxylation is 1. The van der Waals surface area contributed by atoms with Crippen LogP contribution in [0.3, 0.4) is 0 Å². The lowest BCUT2D eigenvalue weighted by Crippen LogP contribution is -2.13. The Bertz CT molecular complexity index is 820. The molecule has 5 heteroatoms. The molecule has 0 unspecified atom stereocenters. The van der Waals surface area contributed by atoms with E-state index in [1.165, 1.54) is 20.3 Å². The maximum Gasteiger partial charge on any atom is 0.266 e. The number of hydrogen-bond acceptors (Lipinski definition) is 4. The third kappa shape index (κ3) is 3.93. The van der Waals surface area contributed by atoms with Crippen molar-refractivity contribution < 1.29 is 14.3 Å². The highest BCUT2D eigenvalue weighted by Gasteiger charge is 2.13. The molecular weight excluding hydrogens is 304 g/mol. The Morgan fingerprint density at radius 2 is 1.92 bits per heavy atom. The summed E-state index contributed by atoms with van der Waals surface area (Å²) in [7, 11) is 3.04. The summed E-state index contributed by atoms with van der Waals surface area (Å²) in [4.78, 5) is 12.3. The Morgan fingerprint density at radius 3 is 2.54 bits per heavy atom. The number of ether oxygens (including phenoxy) is 2. The van der Waals surface area contributed by atoms with Gasteiger partial charge in [-0.1, -0.05) is 24.3 Å². The minimum absolute atomic E-state index is 0.0249. The van der Waals surface area contributed by atoms with Gasteiger partial charge in [0.25, 0.3) is 5.91 Å². The molecule has 0 aliphatic heterocycles. The fourth-order valence-corrected chi connectivity index (χ4v) is 2.25. The van der Waals surface area contributed by atoms with E-state index in [2.05, 4.69) is 5.32 Å². The number of amides is 1. The Labute approximate surface area is 141 Å². The van der Waals surface area contributed by atoms with Crippen molar-refractivity contribution in [1.29, 1.82) is 5.26 Å². The molecule has 122 valence electrons. The summed E-state index contributed by atoms with van der Waals surface area (Å²) in [5.74, 6) is 0.520. The first-order chi connectivity index (χ1) is 11.6. The third-order valence-corrected chi connectivity index (χ3v) is 3.37. The van der Waals surface area contributed by atoms with Crippen LogP contribution in [-0.4, -0.2) is 20.1 Å². The molecule has 0 saturated heterocycles. The Morgan fingerprint density at radius 1 is 1.17 bits per heavy atom. The zero-order valence-corrected chi connectivity index (χ0v) is 13.8. The highest BCUT2D eigenvalue weighted by atomic mass is 16.5. The van der Waals surface area contributed by atoms with Crippen LogP contribution in [0.1, 0.15) is 11.1 Å². The van der Waals surface area contributed by atoms with E-state index in [-0.39, 0.29) is 5.57 Å². The summed E-state index contributed by atoms with van der Waals surface area (Å²) in [6.45, 7) is 1.93. The summed E-state index contributed by atoms with van der Waals surface area (Å²) in [6, 6.07) is 14.6. The van der Waals surface area contributed by atoms with Crippen LogP contribution in [0.5, 0.6) is 11.5 Å². The zero-order chi connectivity index (χ0) is 17.5. The van der Waals surface area contributed by atoms with E-state index in [1.54, 1.807) is 24.3 Å². The third-order valence-electron chi connectivity index (χ3n) is 3.37. The van der Waals surface area contributed by atoms with Crippen molar-refractivity contribution in [3.8, 4) is 17.6 Å². The molecule has 0 saturated carbocycles. The van der Waals surface area contributed by atoms with Gasteiger partial charge >= 0.3 is 0 Å². The van der Waals surface area contributed by atoms with Gasteiger partial charge in [-0.3, -0.25) is 4.79 Å². The van der Waals surface area contributed by atoms with E-state index in [0.717, 1.165) is 5.56 Å². The fraction of sp³-hybridized carbons (Fsp3) is 0.158. The number of anilines is 1. The molecule has 2 aromatic carbocycles. The van der Waals surface area contributed by atoms with E-state index in [1.807, 2.05) is 31.2 Å². The van der Waals surface area contributed by atoms with Gasteiger partial charge in [-0.2, -0.15) is 5.26 Å². The molecule has 5 nitrogen and oxygen atoms in total. The second kappa shape index (κ2) is 7.84. The number of methoxy groups -OCH3 is 2. The molecule has 0 atom stereocenters. The van der Waals surface area contributed by atoms with Gasteiger partial charge in [0.1, 0.15) is 11.6 Å². The quantitative estimate of drug-likeness (QED) is 0.675. The number of hydrogen-bond donors (Lipinski definition) is 1. The first-order valence-corrected chi connectivity index (χ1v) is 7.30. The van der Waals surface area contributed by atoms with Gasteiger partial charge < -0.3 is 14.8 Å². The molecule has 1 amide bonds. The minimum Gasteiger partial charge on any atom is -0.493 e. The van der Waals surface area contributed by atoms with Crippen LogP contribution >= 0.6 is 0 Å². The van der Waals surface area contributed by atoms with E-state index in [9.17, 15) is 10.1 Å². The number of benzene rings is 2. The van der Waals surface area contributed by atoms with Gasteiger partial charge in [-0.05, 0) is 36.8 Å². The molecule has 0 aliphatic carbocycles. The highest BCUT2D eigenvalue weighted by Crippen LogP contribution is 2.32. The predicted octanol–water partition coefficient (Wildman–Crippen LogP) is 3.56. The van der Waals surface area contributed by atoms with Crippen LogP contribution in [0.4, 0.5) is 5.69 Å². The molecule has 2 aromatic rings. The van der Waals surface area contributed by atoms with Crippen LogP contribution in [-0.2, 0) is 4.79 Å². The minimum atomic E-state index is -0.479. The Balaban J connectivity index is 2.33. The molecule has 0 radical (unpaired) electrons. The standard InChI is InChI=1S/C19H18N2O3/c1-13-6-4-8-16(10-13)21-19(22)15(12-20)11-14-7-5-9-17(23-2)18(14)24-3/h4-11H,1-3H3,(H,21,22)/b15-11+. The largest absolute Gasteiger partial charge is 0.493 e. The number of nitriles is 1. The van der Waals surface area contributed by atoms with Crippen LogP contribution in [0.25, 0.3) is 6.08 Å². The van der Waals surface area contributed by atoms with Crippen molar-refractivity contribution in [2.45, 2.75) is 6.92 Å². The van der Waals surface area contributed by atoms with Gasteiger partial charge in [0.15, 0.2) is 11.5 Å². The molecule has 24 heavy (non-hydrogen) atoms. The van der Waals surface area contributed by atoms with E-state index in [0.29, 0.717) is 22.7 Å². The fourth-order valence-electron chi connectivity index (χ4n) is 2.25. The average molecular weight is 322 g/mol. The van der Waals surface area contributed by atoms with Crippen LogP contribution in [0, 0.1) is 18.3 Å². The van der Waals surface area contributed by atoms with Gasteiger partial charge in [0.05, 0.1) is 14.2 Å². The SMILES string of the molecule is COc1cccc(/C=C(\C#N)C(=O)Nc2cccc(C)c2)c1OC. The molecule has 0 fully saturated rings. The Kier molecular flexibility index (Phi) is 5.58.